The molecule has 2 heteroatoms. The number of nitrogens with one attached hydrogen (secondary N) is 1. The quantitative estimate of drug-likeness (QED) is 0.793. The van der Waals surface area contributed by atoms with Crippen LogP contribution in [-0.4, -0.2) is 36.6 Å². The normalized spacial score (nSPS) is 43.6. The van der Waals surface area contributed by atoms with E-state index in [0.717, 1.165) is 23.9 Å². The Balaban J connectivity index is 1.72. The maximum absolute atomic E-state index is 3.62. The van der Waals surface area contributed by atoms with Crippen molar-refractivity contribution in [3.63, 3.8) is 0 Å². The molecule has 3 rings (SSSR count). The van der Waals surface area contributed by atoms with Crippen molar-refractivity contribution in [2.75, 3.05) is 19.6 Å². The van der Waals surface area contributed by atoms with Gasteiger partial charge in [-0.15, -0.1) is 0 Å². The van der Waals surface area contributed by atoms with Gasteiger partial charge in [-0.2, -0.15) is 0 Å². The lowest BCUT2D eigenvalue weighted by molar-refractivity contribution is 0.0175. The fourth-order valence-electron chi connectivity index (χ4n) is 4.60. The van der Waals surface area contributed by atoms with Crippen molar-refractivity contribution < 1.29 is 0 Å². The molecule has 0 bridgehead atoms. The highest BCUT2D eigenvalue weighted by molar-refractivity contribution is 4.96. The number of rotatable bonds is 2. The van der Waals surface area contributed by atoms with Crippen molar-refractivity contribution in [1.29, 1.82) is 0 Å². The third-order valence-electron chi connectivity index (χ3n) is 5.54. The molecule has 98 valence electrons. The molecule has 2 aliphatic heterocycles. The molecule has 0 radical (unpaired) electrons. The summed E-state index contributed by atoms with van der Waals surface area (Å²) in [6, 6.07) is 1.79. The summed E-state index contributed by atoms with van der Waals surface area (Å²) in [5.74, 6) is 1.95. The topological polar surface area (TPSA) is 15.3 Å². The zero-order valence-corrected chi connectivity index (χ0v) is 11.3. The second kappa shape index (κ2) is 5.27. The molecule has 1 saturated carbocycles. The van der Waals surface area contributed by atoms with Gasteiger partial charge in [-0.1, -0.05) is 26.2 Å². The molecule has 1 aliphatic carbocycles. The average molecular weight is 236 g/mol. The Morgan fingerprint density at radius 1 is 1.00 bits per heavy atom. The van der Waals surface area contributed by atoms with Gasteiger partial charge in [0.1, 0.15) is 0 Å². The van der Waals surface area contributed by atoms with Crippen LogP contribution in [0.1, 0.15) is 51.9 Å². The van der Waals surface area contributed by atoms with Gasteiger partial charge in [-0.3, -0.25) is 4.90 Å². The van der Waals surface area contributed by atoms with E-state index in [4.69, 9.17) is 0 Å². The summed E-state index contributed by atoms with van der Waals surface area (Å²) in [5.41, 5.74) is 0. The molecule has 0 spiro atoms. The fraction of sp³-hybridized carbons (Fsp3) is 1.00. The maximum atomic E-state index is 3.62. The second-order valence-corrected chi connectivity index (χ2v) is 6.39. The molecule has 1 N–H and O–H groups in total. The second-order valence-electron chi connectivity index (χ2n) is 6.39. The zero-order valence-electron chi connectivity index (χ0n) is 11.3. The summed E-state index contributed by atoms with van der Waals surface area (Å²) < 4.78 is 0. The molecule has 0 aromatic rings. The molecular weight excluding hydrogens is 208 g/mol. The van der Waals surface area contributed by atoms with Crippen LogP contribution < -0.4 is 5.32 Å². The van der Waals surface area contributed by atoms with Gasteiger partial charge in [0.05, 0.1) is 0 Å². The lowest BCUT2D eigenvalue weighted by Gasteiger charge is -2.48. The van der Waals surface area contributed by atoms with Crippen molar-refractivity contribution in [2.45, 2.75) is 64.0 Å². The van der Waals surface area contributed by atoms with E-state index in [2.05, 4.69) is 17.1 Å². The Morgan fingerprint density at radius 2 is 1.82 bits per heavy atom. The molecular formula is C15H28N2. The van der Waals surface area contributed by atoms with Crippen LogP contribution in [0.15, 0.2) is 0 Å². The highest BCUT2D eigenvalue weighted by atomic mass is 15.2. The fourth-order valence-corrected chi connectivity index (χ4v) is 4.60. The van der Waals surface area contributed by atoms with E-state index >= 15 is 0 Å². The Labute approximate surface area is 106 Å². The van der Waals surface area contributed by atoms with Crippen molar-refractivity contribution in [3.05, 3.63) is 0 Å². The van der Waals surface area contributed by atoms with Crippen molar-refractivity contribution in [2.24, 2.45) is 11.8 Å². The highest BCUT2D eigenvalue weighted by Crippen LogP contribution is 2.38. The number of nitrogens with zero attached hydrogens (tertiary/aromatic N) is 1. The molecule has 3 aliphatic rings. The van der Waals surface area contributed by atoms with Gasteiger partial charge >= 0.3 is 0 Å². The predicted molar refractivity (Wildman–Crippen MR) is 72.1 cm³/mol. The largest absolute Gasteiger partial charge is 0.315 e. The monoisotopic (exact) mass is 236 g/mol. The van der Waals surface area contributed by atoms with Crippen LogP contribution in [0.25, 0.3) is 0 Å². The Bertz CT molecular complexity index is 249. The molecule has 4 unspecified atom stereocenters. The SMILES string of the molecule is CCC1CNCC1N1CCCC2CCCCC21. The number of hydrogen-bond donors (Lipinski definition) is 1. The molecule has 17 heavy (non-hydrogen) atoms. The number of fused-ring (bicyclic) bond motifs is 1. The molecule has 0 amide bonds. The lowest BCUT2D eigenvalue weighted by Crippen LogP contribution is -2.53. The van der Waals surface area contributed by atoms with Crippen LogP contribution in [0.4, 0.5) is 0 Å². The number of likely N-dealkylation sites (tertiary alicyclic amines) is 1. The first-order valence-electron chi connectivity index (χ1n) is 7.86. The molecule has 0 aromatic heterocycles. The van der Waals surface area contributed by atoms with Gasteiger partial charge < -0.3 is 5.32 Å². The van der Waals surface area contributed by atoms with Crippen LogP contribution in [0.2, 0.25) is 0 Å². The van der Waals surface area contributed by atoms with Gasteiger partial charge in [0, 0.05) is 18.6 Å². The molecule has 3 fully saturated rings. The summed E-state index contributed by atoms with van der Waals surface area (Å²) in [4.78, 5) is 2.92. The summed E-state index contributed by atoms with van der Waals surface area (Å²) in [6.45, 7) is 6.26. The summed E-state index contributed by atoms with van der Waals surface area (Å²) in [5, 5.41) is 3.62. The van der Waals surface area contributed by atoms with Gasteiger partial charge in [-0.05, 0) is 50.6 Å². The van der Waals surface area contributed by atoms with Crippen molar-refractivity contribution in [1.82, 2.24) is 10.2 Å². The predicted octanol–water partition coefficient (Wildman–Crippen LogP) is 2.64. The zero-order chi connectivity index (χ0) is 11.7. The minimum Gasteiger partial charge on any atom is -0.315 e. The minimum atomic E-state index is 0.853. The summed E-state index contributed by atoms with van der Waals surface area (Å²) >= 11 is 0. The number of piperidine rings is 1. The van der Waals surface area contributed by atoms with Crippen molar-refractivity contribution in [3.8, 4) is 0 Å². The van der Waals surface area contributed by atoms with Gasteiger partial charge in [0.25, 0.3) is 0 Å². The first-order chi connectivity index (χ1) is 8.40. The molecule has 2 nitrogen and oxygen atoms in total. The Morgan fingerprint density at radius 3 is 2.71 bits per heavy atom. The standard InChI is InChI=1S/C15H28N2/c1-2-12-10-16-11-15(12)17-9-5-7-13-6-3-4-8-14(13)17/h12-16H,2-11H2,1H3. The molecule has 4 atom stereocenters. The van der Waals surface area contributed by atoms with Crippen LogP contribution in [-0.2, 0) is 0 Å². The Kier molecular flexibility index (Phi) is 3.72. The van der Waals surface area contributed by atoms with E-state index in [9.17, 15) is 0 Å². The third-order valence-corrected chi connectivity index (χ3v) is 5.54. The van der Waals surface area contributed by atoms with Crippen molar-refractivity contribution >= 4 is 0 Å². The minimum absolute atomic E-state index is 0.853. The van der Waals surface area contributed by atoms with E-state index in [1.165, 1.54) is 64.6 Å². The molecule has 2 saturated heterocycles. The maximum Gasteiger partial charge on any atom is 0.0263 e. The average Bonchev–Trinajstić information content (AvgIpc) is 2.86. The van der Waals surface area contributed by atoms with E-state index < -0.39 is 0 Å². The summed E-state index contributed by atoms with van der Waals surface area (Å²) in [6.07, 6.45) is 10.3. The summed E-state index contributed by atoms with van der Waals surface area (Å²) in [7, 11) is 0. The molecule has 2 heterocycles. The first-order valence-corrected chi connectivity index (χ1v) is 7.86. The van der Waals surface area contributed by atoms with Gasteiger partial charge in [-0.25, -0.2) is 0 Å². The van der Waals surface area contributed by atoms with Gasteiger partial charge in [0.2, 0.25) is 0 Å². The van der Waals surface area contributed by atoms with Crippen LogP contribution in [0.3, 0.4) is 0 Å². The van der Waals surface area contributed by atoms with E-state index in [-0.39, 0.29) is 0 Å². The van der Waals surface area contributed by atoms with Gasteiger partial charge in [0.15, 0.2) is 0 Å². The van der Waals surface area contributed by atoms with E-state index in [1.807, 2.05) is 0 Å². The van der Waals surface area contributed by atoms with E-state index in [0.29, 0.717) is 0 Å². The highest BCUT2D eigenvalue weighted by Gasteiger charge is 2.40. The number of hydrogen-bond acceptors (Lipinski definition) is 2. The van der Waals surface area contributed by atoms with E-state index in [1.54, 1.807) is 0 Å². The lowest BCUT2D eigenvalue weighted by atomic mass is 9.77. The third kappa shape index (κ3) is 2.26. The molecule has 0 aromatic carbocycles. The van der Waals surface area contributed by atoms with Crippen LogP contribution in [0, 0.1) is 11.8 Å². The van der Waals surface area contributed by atoms with Crippen LogP contribution >= 0.6 is 0 Å². The Hall–Kier alpha value is -0.0800. The van der Waals surface area contributed by atoms with Crippen LogP contribution in [0.5, 0.6) is 0 Å². The smallest absolute Gasteiger partial charge is 0.0263 e. The first kappa shape index (κ1) is 12.0.